The molecule has 0 radical (unpaired) electrons. The first kappa shape index (κ1) is 14.6. The van der Waals surface area contributed by atoms with Crippen LogP contribution in [0.3, 0.4) is 0 Å². The van der Waals surface area contributed by atoms with Gasteiger partial charge in [-0.15, -0.1) is 0 Å². The second-order valence-corrected chi connectivity index (χ2v) is 6.74. The van der Waals surface area contributed by atoms with Crippen LogP contribution in [0, 0.1) is 0 Å². The molecule has 1 aromatic rings. The van der Waals surface area contributed by atoms with E-state index < -0.39 is 10.0 Å². The molecule has 1 aliphatic rings. The van der Waals surface area contributed by atoms with Crippen LogP contribution in [0.2, 0.25) is 5.02 Å². The zero-order chi connectivity index (χ0) is 14.0. The molecule has 1 saturated heterocycles. The van der Waals surface area contributed by atoms with Crippen molar-refractivity contribution in [2.24, 2.45) is 0 Å². The van der Waals surface area contributed by atoms with Crippen molar-refractivity contribution in [2.45, 2.75) is 36.8 Å². The second-order valence-electron chi connectivity index (χ2n) is 4.65. The molecule has 0 spiro atoms. The Bertz CT molecular complexity index is 556. The van der Waals surface area contributed by atoms with Crippen LogP contribution < -0.4 is 10.5 Å². The van der Waals surface area contributed by atoms with E-state index in [0.717, 1.165) is 12.8 Å². The number of benzene rings is 1. The van der Waals surface area contributed by atoms with E-state index in [9.17, 15) is 8.42 Å². The van der Waals surface area contributed by atoms with E-state index in [4.69, 9.17) is 22.1 Å². The van der Waals surface area contributed by atoms with Crippen LogP contribution in [-0.4, -0.2) is 27.2 Å². The van der Waals surface area contributed by atoms with Crippen molar-refractivity contribution in [2.75, 3.05) is 12.3 Å². The van der Waals surface area contributed by atoms with Crippen molar-refractivity contribution >= 4 is 27.3 Å². The molecule has 2 unspecified atom stereocenters. The SMILES string of the molecule is CC(NS(=O)(=O)c1ccc(N)cc1Cl)C1CCCO1. The minimum atomic E-state index is -3.66. The van der Waals surface area contributed by atoms with Gasteiger partial charge in [0.2, 0.25) is 10.0 Å². The highest BCUT2D eigenvalue weighted by Gasteiger charge is 2.27. The van der Waals surface area contributed by atoms with Crippen LogP contribution in [0.25, 0.3) is 0 Å². The van der Waals surface area contributed by atoms with Gasteiger partial charge in [-0.05, 0) is 38.0 Å². The molecule has 2 atom stereocenters. The summed E-state index contributed by atoms with van der Waals surface area (Å²) in [4.78, 5) is 0.0354. The average molecular weight is 305 g/mol. The van der Waals surface area contributed by atoms with Gasteiger partial charge >= 0.3 is 0 Å². The first-order valence-electron chi connectivity index (χ1n) is 6.09. The molecule has 0 saturated carbocycles. The number of nitrogens with two attached hydrogens (primary N) is 1. The third-order valence-corrected chi connectivity index (χ3v) is 5.15. The van der Waals surface area contributed by atoms with Crippen LogP contribution in [0.15, 0.2) is 23.1 Å². The maximum Gasteiger partial charge on any atom is 0.242 e. The van der Waals surface area contributed by atoms with Gasteiger partial charge in [-0.3, -0.25) is 0 Å². The summed E-state index contributed by atoms with van der Waals surface area (Å²) in [6.45, 7) is 2.47. The fraction of sp³-hybridized carbons (Fsp3) is 0.500. The maximum atomic E-state index is 12.2. The summed E-state index contributed by atoms with van der Waals surface area (Å²) in [6.07, 6.45) is 1.74. The number of rotatable bonds is 4. The van der Waals surface area contributed by atoms with Crippen LogP contribution >= 0.6 is 11.6 Å². The standard InChI is InChI=1S/C12H17ClN2O3S/c1-8(11-3-2-6-18-11)15-19(16,17)12-5-4-9(14)7-10(12)13/h4-5,7-8,11,15H,2-3,6,14H2,1H3. The number of halogens is 1. The van der Waals surface area contributed by atoms with Crippen LogP contribution in [0.1, 0.15) is 19.8 Å². The largest absolute Gasteiger partial charge is 0.399 e. The number of nitrogen functional groups attached to an aromatic ring is 1. The normalized spacial score (nSPS) is 21.5. The van der Waals surface area contributed by atoms with Gasteiger partial charge < -0.3 is 10.5 Å². The number of ether oxygens (including phenoxy) is 1. The molecule has 2 rings (SSSR count). The summed E-state index contributed by atoms with van der Waals surface area (Å²) < 4.78 is 32.5. The summed E-state index contributed by atoms with van der Waals surface area (Å²) in [5.41, 5.74) is 5.98. The highest BCUT2D eigenvalue weighted by molar-refractivity contribution is 7.89. The van der Waals surface area contributed by atoms with E-state index in [0.29, 0.717) is 12.3 Å². The third-order valence-electron chi connectivity index (χ3n) is 3.11. The number of hydrogen-bond acceptors (Lipinski definition) is 4. The van der Waals surface area contributed by atoms with Crippen LogP contribution in [0.4, 0.5) is 5.69 Å². The smallest absolute Gasteiger partial charge is 0.242 e. The Labute approximate surface area is 118 Å². The Kier molecular flexibility index (Phi) is 4.35. The fourth-order valence-corrected chi connectivity index (χ4v) is 3.94. The molecule has 1 aliphatic heterocycles. The van der Waals surface area contributed by atoms with Gasteiger partial charge in [0.1, 0.15) is 4.90 Å². The summed E-state index contributed by atoms with van der Waals surface area (Å²) in [6, 6.07) is 4.05. The monoisotopic (exact) mass is 304 g/mol. The zero-order valence-corrected chi connectivity index (χ0v) is 12.2. The fourth-order valence-electron chi connectivity index (χ4n) is 2.12. The molecule has 3 N–H and O–H groups in total. The quantitative estimate of drug-likeness (QED) is 0.831. The molecule has 1 fully saturated rings. The van der Waals surface area contributed by atoms with Crippen molar-refractivity contribution in [3.05, 3.63) is 23.2 Å². The average Bonchev–Trinajstić information content (AvgIpc) is 2.80. The Morgan fingerprint density at radius 2 is 2.26 bits per heavy atom. The predicted molar refractivity (Wildman–Crippen MR) is 74.6 cm³/mol. The van der Waals surface area contributed by atoms with Crippen LogP contribution in [-0.2, 0) is 14.8 Å². The lowest BCUT2D eigenvalue weighted by Crippen LogP contribution is -2.40. The summed E-state index contributed by atoms with van der Waals surface area (Å²) in [5, 5.41) is 0.118. The molecular weight excluding hydrogens is 288 g/mol. The topological polar surface area (TPSA) is 81.4 Å². The van der Waals surface area contributed by atoms with Crippen molar-refractivity contribution in [1.82, 2.24) is 4.72 Å². The number of hydrogen-bond donors (Lipinski definition) is 2. The first-order valence-corrected chi connectivity index (χ1v) is 7.95. The van der Waals surface area contributed by atoms with Crippen molar-refractivity contribution < 1.29 is 13.2 Å². The summed E-state index contributed by atoms with van der Waals surface area (Å²) in [7, 11) is -3.66. The Morgan fingerprint density at radius 1 is 1.53 bits per heavy atom. The maximum absolute atomic E-state index is 12.2. The Morgan fingerprint density at radius 3 is 2.84 bits per heavy atom. The molecule has 106 valence electrons. The Balaban J connectivity index is 2.17. The van der Waals surface area contributed by atoms with Crippen molar-refractivity contribution in [3.63, 3.8) is 0 Å². The number of sulfonamides is 1. The van der Waals surface area contributed by atoms with E-state index in [1.165, 1.54) is 18.2 Å². The van der Waals surface area contributed by atoms with E-state index in [1.807, 2.05) is 0 Å². The molecule has 0 amide bonds. The van der Waals surface area contributed by atoms with Gasteiger partial charge in [0.05, 0.1) is 11.1 Å². The third kappa shape index (κ3) is 3.39. The molecule has 0 aromatic heterocycles. The lowest BCUT2D eigenvalue weighted by molar-refractivity contribution is 0.0902. The van der Waals surface area contributed by atoms with E-state index >= 15 is 0 Å². The summed E-state index contributed by atoms with van der Waals surface area (Å²) >= 11 is 5.93. The number of nitrogens with one attached hydrogen (secondary N) is 1. The van der Waals surface area contributed by atoms with E-state index in [-0.39, 0.29) is 22.1 Å². The van der Waals surface area contributed by atoms with Crippen molar-refractivity contribution in [1.29, 1.82) is 0 Å². The summed E-state index contributed by atoms with van der Waals surface area (Å²) in [5.74, 6) is 0. The lowest BCUT2D eigenvalue weighted by Gasteiger charge is -2.20. The molecular formula is C12H17ClN2O3S. The van der Waals surface area contributed by atoms with Gasteiger partial charge in [0.15, 0.2) is 0 Å². The zero-order valence-electron chi connectivity index (χ0n) is 10.6. The minimum Gasteiger partial charge on any atom is -0.399 e. The lowest BCUT2D eigenvalue weighted by atomic mass is 10.1. The molecule has 1 heterocycles. The van der Waals surface area contributed by atoms with Gasteiger partial charge in [-0.25, -0.2) is 13.1 Å². The first-order chi connectivity index (χ1) is 8.90. The highest BCUT2D eigenvalue weighted by Crippen LogP contribution is 2.24. The van der Waals surface area contributed by atoms with E-state index in [1.54, 1.807) is 6.92 Å². The Hall–Kier alpha value is -0.820. The molecule has 0 bridgehead atoms. The van der Waals surface area contributed by atoms with Gasteiger partial charge in [0, 0.05) is 18.3 Å². The predicted octanol–water partition coefficient (Wildman–Crippen LogP) is 1.77. The van der Waals surface area contributed by atoms with Crippen molar-refractivity contribution in [3.8, 4) is 0 Å². The molecule has 19 heavy (non-hydrogen) atoms. The van der Waals surface area contributed by atoms with Gasteiger partial charge in [-0.1, -0.05) is 11.6 Å². The highest BCUT2D eigenvalue weighted by atomic mass is 35.5. The minimum absolute atomic E-state index is 0.0354. The number of anilines is 1. The van der Waals surface area contributed by atoms with E-state index in [2.05, 4.69) is 4.72 Å². The molecule has 7 heteroatoms. The second kappa shape index (κ2) is 5.66. The molecule has 1 aromatic carbocycles. The van der Waals surface area contributed by atoms with Gasteiger partial charge in [0.25, 0.3) is 0 Å². The molecule has 0 aliphatic carbocycles. The van der Waals surface area contributed by atoms with Crippen LogP contribution in [0.5, 0.6) is 0 Å². The van der Waals surface area contributed by atoms with Gasteiger partial charge in [-0.2, -0.15) is 0 Å². The molecule has 5 nitrogen and oxygen atoms in total.